The van der Waals surface area contributed by atoms with Crippen molar-refractivity contribution in [3.8, 4) is 0 Å². The molecule has 116 valence electrons. The number of hydrogen-bond donors (Lipinski definition) is 2. The van der Waals surface area contributed by atoms with E-state index in [2.05, 4.69) is 29.6 Å². The molecule has 0 aliphatic rings. The summed E-state index contributed by atoms with van der Waals surface area (Å²) in [7, 11) is 0. The number of benzene rings is 3. The van der Waals surface area contributed by atoms with Crippen LogP contribution in [0.1, 0.15) is 34.5 Å². The second-order valence-electron chi connectivity index (χ2n) is 5.84. The molecule has 23 heavy (non-hydrogen) atoms. The van der Waals surface area contributed by atoms with E-state index in [4.69, 9.17) is 5.73 Å². The number of carbonyl (C=O) groups is 1. The first-order chi connectivity index (χ1) is 11.1. The summed E-state index contributed by atoms with van der Waals surface area (Å²) >= 11 is 0. The first-order valence-corrected chi connectivity index (χ1v) is 7.71. The molecule has 3 rings (SSSR count). The summed E-state index contributed by atoms with van der Waals surface area (Å²) in [6.45, 7) is 3.91. The first-order valence-electron chi connectivity index (χ1n) is 7.71. The highest BCUT2D eigenvalue weighted by molar-refractivity contribution is 5.97. The number of aryl methyl sites for hydroxylation is 1. The molecule has 3 nitrogen and oxygen atoms in total. The molecule has 1 unspecified atom stereocenters. The van der Waals surface area contributed by atoms with Crippen LogP contribution in [0.25, 0.3) is 10.8 Å². The van der Waals surface area contributed by atoms with Gasteiger partial charge in [-0.1, -0.05) is 48.5 Å². The van der Waals surface area contributed by atoms with E-state index in [9.17, 15) is 4.79 Å². The summed E-state index contributed by atoms with van der Waals surface area (Å²) in [5.74, 6) is -0.102. The summed E-state index contributed by atoms with van der Waals surface area (Å²) in [6, 6.07) is 19.7. The normalized spacial score (nSPS) is 12.1. The van der Waals surface area contributed by atoms with Crippen molar-refractivity contribution in [3.05, 3.63) is 77.4 Å². The van der Waals surface area contributed by atoms with Gasteiger partial charge >= 0.3 is 0 Å². The van der Waals surface area contributed by atoms with Gasteiger partial charge in [0.1, 0.15) is 0 Å². The van der Waals surface area contributed by atoms with Gasteiger partial charge < -0.3 is 11.1 Å². The molecule has 0 spiro atoms. The predicted octanol–water partition coefficient (Wildman–Crippen LogP) is 4.22. The lowest BCUT2D eigenvalue weighted by Crippen LogP contribution is -2.27. The maximum absolute atomic E-state index is 12.6. The Bertz CT molecular complexity index is 865. The molecule has 0 aliphatic heterocycles. The fourth-order valence-electron chi connectivity index (χ4n) is 2.86. The lowest BCUT2D eigenvalue weighted by molar-refractivity contribution is 0.0939. The third kappa shape index (κ3) is 3.04. The van der Waals surface area contributed by atoms with Gasteiger partial charge in [0.25, 0.3) is 5.91 Å². The van der Waals surface area contributed by atoms with Crippen LogP contribution in [0.15, 0.2) is 60.7 Å². The van der Waals surface area contributed by atoms with Crippen LogP contribution in [0.2, 0.25) is 0 Å². The zero-order valence-electron chi connectivity index (χ0n) is 13.3. The molecule has 0 heterocycles. The number of nitrogen functional groups attached to an aromatic ring is 1. The van der Waals surface area contributed by atoms with Gasteiger partial charge in [0, 0.05) is 11.3 Å². The molecule has 0 saturated carbocycles. The SMILES string of the molecule is Cc1ccc(N)cc1C(=O)NC(C)c1cccc2ccccc12. The minimum Gasteiger partial charge on any atom is -0.399 e. The van der Waals surface area contributed by atoms with Crippen LogP contribution in [-0.2, 0) is 0 Å². The standard InChI is InChI=1S/C20H20N2O/c1-13-10-11-16(21)12-19(13)20(23)22-14(2)17-9-5-7-15-6-3-4-8-18(15)17/h3-12,14H,21H2,1-2H3,(H,22,23). The first kappa shape index (κ1) is 15.1. The molecule has 0 aliphatic carbocycles. The predicted molar refractivity (Wildman–Crippen MR) is 95.4 cm³/mol. The molecule has 3 N–H and O–H groups in total. The second-order valence-corrected chi connectivity index (χ2v) is 5.84. The second kappa shape index (κ2) is 6.13. The summed E-state index contributed by atoms with van der Waals surface area (Å²) in [5.41, 5.74) is 9.05. The number of anilines is 1. The van der Waals surface area contributed by atoms with Gasteiger partial charge in [-0.3, -0.25) is 4.79 Å². The van der Waals surface area contributed by atoms with Gasteiger partial charge in [0.05, 0.1) is 6.04 Å². The van der Waals surface area contributed by atoms with Crippen molar-refractivity contribution in [1.82, 2.24) is 5.32 Å². The highest BCUT2D eigenvalue weighted by Crippen LogP contribution is 2.24. The van der Waals surface area contributed by atoms with Crippen LogP contribution < -0.4 is 11.1 Å². The Labute approximate surface area is 136 Å². The number of nitrogens with one attached hydrogen (secondary N) is 1. The van der Waals surface area contributed by atoms with Crippen molar-refractivity contribution in [1.29, 1.82) is 0 Å². The zero-order chi connectivity index (χ0) is 16.4. The Hall–Kier alpha value is -2.81. The fourth-order valence-corrected chi connectivity index (χ4v) is 2.86. The van der Waals surface area contributed by atoms with Crippen molar-refractivity contribution in [2.45, 2.75) is 19.9 Å². The molecule has 0 saturated heterocycles. The Morgan fingerprint density at radius 2 is 1.78 bits per heavy atom. The van der Waals surface area contributed by atoms with Crippen molar-refractivity contribution in [2.75, 3.05) is 5.73 Å². The summed E-state index contributed by atoms with van der Waals surface area (Å²) < 4.78 is 0. The number of hydrogen-bond acceptors (Lipinski definition) is 2. The zero-order valence-corrected chi connectivity index (χ0v) is 13.3. The molecule has 0 aromatic heterocycles. The van der Waals surface area contributed by atoms with E-state index in [1.807, 2.05) is 38.1 Å². The highest BCUT2D eigenvalue weighted by atomic mass is 16.1. The van der Waals surface area contributed by atoms with Gasteiger partial charge in [-0.05, 0) is 47.9 Å². The lowest BCUT2D eigenvalue weighted by Gasteiger charge is -2.17. The number of fused-ring (bicyclic) bond motifs is 1. The molecule has 3 aromatic carbocycles. The van der Waals surface area contributed by atoms with Gasteiger partial charge in [0.2, 0.25) is 0 Å². The molecule has 3 aromatic rings. The smallest absolute Gasteiger partial charge is 0.252 e. The van der Waals surface area contributed by atoms with Crippen molar-refractivity contribution in [2.24, 2.45) is 0 Å². The summed E-state index contributed by atoms with van der Waals surface area (Å²) in [6.07, 6.45) is 0. The highest BCUT2D eigenvalue weighted by Gasteiger charge is 2.15. The van der Waals surface area contributed by atoms with Gasteiger partial charge in [-0.25, -0.2) is 0 Å². The topological polar surface area (TPSA) is 55.1 Å². The van der Waals surface area contributed by atoms with E-state index >= 15 is 0 Å². The van der Waals surface area contributed by atoms with E-state index in [-0.39, 0.29) is 11.9 Å². The molecular formula is C20H20N2O. The Kier molecular flexibility index (Phi) is 4.02. The molecular weight excluding hydrogens is 284 g/mol. The monoisotopic (exact) mass is 304 g/mol. The Morgan fingerprint density at radius 1 is 1.04 bits per heavy atom. The van der Waals surface area contributed by atoms with E-state index in [0.29, 0.717) is 11.3 Å². The Balaban J connectivity index is 1.90. The fraction of sp³-hybridized carbons (Fsp3) is 0.150. The number of rotatable bonds is 3. The van der Waals surface area contributed by atoms with Crippen molar-refractivity contribution >= 4 is 22.4 Å². The van der Waals surface area contributed by atoms with E-state index in [1.54, 1.807) is 12.1 Å². The van der Waals surface area contributed by atoms with Gasteiger partial charge in [0.15, 0.2) is 0 Å². The molecule has 1 amide bonds. The largest absolute Gasteiger partial charge is 0.399 e. The van der Waals surface area contributed by atoms with Gasteiger partial charge in [-0.15, -0.1) is 0 Å². The maximum Gasteiger partial charge on any atom is 0.252 e. The van der Waals surface area contributed by atoms with Gasteiger partial charge in [-0.2, -0.15) is 0 Å². The average molecular weight is 304 g/mol. The molecule has 0 bridgehead atoms. The van der Waals surface area contributed by atoms with E-state index < -0.39 is 0 Å². The quantitative estimate of drug-likeness (QED) is 0.712. The van der Waals surface area contributed by atoms with Crippen LogP contribution in [0.4, 0.5) is 5.69 Å². The molecule has 0 radical (unpaired) electrons. The minimum absolute atomic E-state index is 0.0885. The van der Waals surface area contributed by atoms with Crippen LogP contribution in [0.5, 0.6) is 0 Å². The molecule has 1 atom stereocenters. The van der Waals surface area contributed by atoms with Crippen LogP contribution in [-0.4, -0.2) is 5.91 Å². The van der Waals surface area contributed by atoms with E-state index in [1.165, 1.54) is 5.39 Å². The maximum atomic E-state index is 12.6. The third-order valence-corrected chi connectivity index (χ3v) is 4.14. The Morgan fingerprint density at radius 3 is 2.61 bits per heavy atom. The summed E-state index contributed by atoms with van der Waals surface area (Å²) in [5, 5.41) is 5.41. The van der Waals surface area contributed by atoms with Crippen molar-refractivity contribution < 1.29 is 4.79 Å². The van der Waals surface area contributed by atoms with Crippen molar-refractivity contribution in [3.63, 3.8) is 0 Å². The number of amides is 1. The lowest BCUT2D eigenvalue weighted by atomic mass is 9.99. The molecule has 3 heteroatoms. The summed E-state index contributed by atoms with van der Waals surface area (Å²) in [4.78, 5) is 12.6. The average Bonchev–Trinajstić information content (AvgIpc) is 2.56. The van der Waals surface area contributed by atoms with Crippen LogP contribution in [0.3, 0.4) is 0 Å². The third-order valence-electron chi connectivity index (χ3n) is 4.14. The number of nitrogens with two attached hydrogens (primary N) is 1. The number of carbonyl (C=O) groups excluding carboxylic acids is 1. The minimum atomic E-state index is -0.102. The van der Waals surface area contributed by atoms with Crippen LogP contribution in [0, 0.1) is 6.92 Å². The molecule has 0 fully saturated rings. The van der Waals surface area contributed by atoms with E-state index in [0.717, 1.165) is 16.5 Å². The van der Waals surface area contributed by atoms with Crippen LogP contribution >= 0.6 is 0 Å².